The van der Waals surface area contributed by atoms with Crippen molar-refractivity contribution < 1.29 is 14.3 Å². The quantitative estimate of drug-likeness (QED) is 0.413. The molecule has 25 heavy (non-hydrogen) atoms. The molecule has 7 heteroatoms. The van der Waals surface area contributed by atoms with Gasteiger partial charge in [-0.3, -0.25) is 0 Å². The van der Waals surface area contributed by atoms with Gasteiger partial charge in [0.1, 0.15) is 22.5 Å². The molecular weight excluding hydrogens is 452 g/mol. The van der Waals surface area contributed by atoms with Crippen LogP contribution in [0.5, 0.6) is 11.5 Å². The van der Waals surface area contributed by atoms with Gasteiger partial charge in [0.15, 0.2) is 4.60 Å². The summed E-state index contributed by atoms with van der Waals surface area (Å²) in [6, 6.07) is 15.0. The van der Waals surface area contributed by atoms with E-state index in [2.05, 4.69) is 31.9 Å². The van der Waals surface area contributed by atoms with Gasteiger partial charge in [-0.2, -0.15) is 0 Å². The van der Waals surface area contributed by atoms with Gasteiger partial charge in [-0.15, -0.1) is 4.68 Å². The van der Waals surface area contributed by atoms with Crippen LogP contribution in [0.3, 0.4) is 0 Å². The average molecular weight is 468 g/mol. The summed E-state index contributed by atoms with van der Waals surface area (Å²) in [7, 11) is 3.24. The zero-order valence-corrected chi connectivity index (χ0v) is 16.9. The third-order valence-electron chi connectivity index (χ3n) is 3.88. The van der Waals surface area contributed by atoms with Crippen molar-refractivity contribution in [1.29, 1.82) is 0 Å². The third kappa shape index (κ3) is 3.52. The second-order valence-electron chi connectivity index (χ2n) is 5.36. The van der Waals surface area contributed by atoms with Crippen LogP contribution in [-0.4, -0.2) is 18.9 Å². The summed E-state index contributed by atoms with van der Waals surface area (Å²) in [5.74, 6) is 1.53. The molecule has 0 fully saturated rings. The minimum Gasteiger partial charge on any atom is -0.595 e. The minimum atomic E-state index is 0.433. The lowest BCUT2D eigenvalue weighted by molar-refractivity contribution is -0.684. The van der Waals surface area contributed by atoms with Crippen LogP contribution in [0.15, 0.2) is 57.6 Å². The molecule has 3 rings (SSSR count). The van der Waals surface area contributed by atoms with Crippen LogP contribution in [0.1, 0.15) is 5.56 Å². The summed E-state index contributed by atoms with van der Waals surface area (Å²) in [4.78, 5) is 0.889. The van der Waals surface area contributed by atoms with Crippen molar-refractivity contribution in [3.05, 3.63) is 68.4 Å². The van der Waals surface area contributed by atoms with Gasteiger partial charge in [-0.1, -0.05) is 17.0 Å². The molecule has 0 aliphatic heterocycles. The van der Waals surface area contributed by atoms with Crippen molar-refractivity contribution in [2.75, 3.05) is 14.2 Å². The number of methoxy groups -OCH3 is 2. The molecule has 130 valence electrons. The molecule has 0 aliphatic rings. The first kappa shape index (κ1) is 17.8. The van der Waals surface area contributed by atoms with Gasteiger partial charge in [0, 0.05) is 0 Å². The van der Waals surface area contributed by atoms with Crippen molar-refractivity contribution in [1.82, 2.24) is 4.68 Å². The molecule has 2 aromatic carbocycles. The van der Waals surface area contributed by atoms with Gasteiger partial charge in [0.2, 0.25) is 0 Å². The van der Waals surface area contributed by atoms with E-state index in [4.69, 9.17) is 9.47 Å². The number of benzene rings is 2. The van der Waals surface area contributed by atoms with Gasteiger partial charge < -0.3 is 14.7 Å². The molecule has 0 saturated carbocycles. The van der Waals surface area contributed by atoms with E-state index in [-0.39, 0.29) is 0 Å². The maximum atomic E-state index is 12.9. The molecule has 0 spiro atoms. The predicted molar refractivity (Wildman–Crippen MR) is 103 cm³/mol. The van der Waals surface area contributed by atoms with Crippen molar-refractivity contribution in [3.8, 4) is 22.8 Å². The van der Waals surface area contributed by atoms with Gasteiger partial charge in [-0.05, 0) is 73.8 Å². The van der Waals surface area contributed by atoms with Crippen LogP contribution in [0.4, 0.5) is 0 Å². The third-order valence-corrected chi connectivity index (χ3v) is 5.97. The molecule has 0 aliphatic carbocycles. The molecule has 0 N–H and O–H groups in total. The fraction of sp³-hybridized carbons (Fsp3) is 0.167. The van der Waals surface area contributed by atoms with Crippen molar-refractivity contribution in [3.63, 3.8) is 0 Å². The molecule has 5 nitrogen and oxygen atoms in total. The Morgan fingerprint density at radius 1 is 0.920 bits per heavy atom. The van der Waals surface area contributed by atoms with Crippen molar-refractivity contribution in [2.24, 2.45) is 0 Å². The SMILES string of the molecule is COc1ccc(Cn2c(Br)c(Br)c(-c3ccc(OC)cc3)[n+]2[O-])cc1. The van der Waals surface area contributed by atoms with Crippen LogP contribution in [0.25, 0.3) is 11.3 Å². The maximum absolute atomic E-state index is 12.9. The Morgan fingerprint density at radius 3 is 1.96 bits per heavy atom. The summed E-state index contributed by atoms with van der Waals surface area (Å²) in [6.07, 6.45) is 0. The first-order valence-corrected chi connectivity index (χ1v) is 9.08. The molecule has 0 saturated heterocycles. The Balaban J connectivity index is 1.97. The van der Waals surface area contributed by atoms with Crippen molar-refractivity contribution >= 4 is 31.9 Å². The Hall–Kier alpha value is -1.99. The number of aromatic nitrogens is 2. The Morgan fingerprint density at radius 2 is 1.44 bits per heavy atom. The van der Waals surface area contributed by atoms with Gasteiger partial charge >= 0.3 is 0 Å². The number of halogens is 2. The van der Waals surface area contributed by atoms with Crippen LogP contribution in [-0.2, 0) is 6.54 Å². The lowest BCUT2D eigenvalue weighted by Crippen LogP contribution is -2.39. The number of rotatable bonds is 5. The summed E-state index contributed by atoms with van der Waals surface area (Å²) in [5, 5.41) is 12.9. The van der Waals surface area contributed by atoms with E-state index in [1.165, 1.54) is 0 Å². The standard InChI is InChI=1S/C18H16Br2N2O3/c1-24-14-7-3-12(4-8-14)11-21-18(20)16(19)17(22(21)23)13-5-9-15(25-2)10-6-13/h3-10H,11H2,1-2H3. The number of hydrogen-bond acceptors (Lipinski definition) is 3. The molecule has 0 atom stereocenters. The van der Waals surface area contributed by atoms with Gasteiger partial charge in [0.25, 0.3) is 5.69 Å². The summed E-state index contributed by atoms with van der Waals surface area (Å²) in [6.45, 7) is 0.433. The second kappa shape index (κ2) is 7.49. The summed E-state index contributed by atoms with van der Waals surface area (Å²) < 4.78 is 13.3. The van der Waals surface area contributed by atoms with Crippen LogP contribution in [0, 0.1) is 5.21 Å². The largest absolute Gasteiger partial charge is 0.595 e. The topological polar surface area (TPSA) is 50.3 Å². The Kier molecular flexibility index (Phi) is 5.34. The first-order chi connectivity index (χ1) is 12.0. The predicted octanol–water partition coefficient (Wildman–Crippen LogP) is 4.38. The zero-order chi connectivity index (χ0) is 18.0. The number of ether oxygens (including phenoxy) is 2. The van der Waals surface area contributed by atoms with Gasteiger partial charge in [0.05, 0.1) is 19.8 Å². The highest BCUT2D eigenvalue weighted by Gasteiger charge is 2.26. The highest BCUT2D eigenvalue weighted by Crippen LogP contribution is 2.33. The van der Waals surface area contributed by atoms with E-state index >= 15 is 0 Å². The molecule has 0 radical (unpaired) electrons. The van der Waals surface area contributed by atoms with E-state index in [0.717, 1.165) is 27.5 Å². The van der Waals surface area contributed by atoms with E-state index in [1.807, 2.05) is 48.5 Å². The lowest BCUT2D eigenvalue weighted by atomic mass is 10.1. The molecule has 0 bridgehead atoms. The van der Waals surface area contributed by atoms with Crippen LogP contribution in [0.2, 0.25) is 0 Å². The first-order valence-electron chi connectivity index (χ1n) is 7.50. The highest BCUT2D eigenvalue weighted by atomic mass is 79.9. The Labute approximate surface area is 162 Å². The second-order valence-corrected chi connectivity index (χ2v) is 6.90. The zero-order valence-electron chi connectivity index (χ0n) is 13.7. The maximum Gasteiger partial charge on any atom is 0.266 e. The highest BCUT2D eigenvalue weighted by molar-refractivity contribution is 9.13. The molecule has 1 heterocycles. The lowest BCUT2D eigenvalue weighted by Gasteiger charge is -2.07. The average Bonchev–Trinajstić information content (AvgIpc) is 2.86. The van der Waals surface area contributed by atoms with E-state index in [9.17, 15) is 5.21 Å². The molecule has 0 unspecified atom stereocenters. The smallest absolute Gasteiger partial charge is 0.266 e. The molecular formula is C18H16Br2N2O3. The van der Waals surface area contributed by atoms with E-state index < -0.39 is 0 Å². The normalized spacial score (nSPS) is 10.7. The van der Waals surface area contributed by atoms with Gasteiger partial charge in [-0.25, -0.2) is 0 Å². The Bertz CT molecular complexity index is 875. The van der Waals surface area contributed by atoms with Crippen LogP contribution < -0.4 is 14.3 Å². The minimum absolute atomic E-state index is 0.433. The van der Waals surface area contributed by atoms with Crippen LogP contribution >= 0.6 is 31.9 Å². The summed E-state index contributed by atoms with van der Waals surface area (Å²) >= 11 is 7.03. The monoisotopic (exact) mass is 466 g/mol. The fourth-order valence-corrected chi connectivity index (χ4v) is 3.56. The number of hydrogen-bond donors (Lipinski definition) is 0. The molecule has 3 aromatic rings. The van der Waals surface area contributed by atoms with E-state index in [1.54, 1.807) is 18.9 Å². The fourth-order valence-electron chi connectivity index (χ4n) is 2.52. The molecule has 1 aromatic heterocycles. The number of nitrogens with zero attached hydrogens (tertiary/aromatic N) is 2. The molecule has 0 amide bonds. The summed E-state index contributed by atoms with van der Waals surface area (Å²) in [5.41, 5.74) is 2.34. The van der Waals surface area contributed by atoms with E-state index in [0.29, 0.717) is 21.3 Å². The van der Waals surface area contributed by atoms with Crippen molar-refractivity contribution in [2.45, 2.75) is 6.54 Å².